The summed E-state index contributed by atoms with van der Waals surface area (Å²) < 4.78 is 11.0. The zero-order chi connectivity index (χ0) is 14.2. The van der Waals surface area contributed by atoms with Crippen LogP contribution in [0.15, 0.2) is 48.8 Å². The van der Waals surface area contributed by atoms with Gasteiger partial charge in [-0.05, 0) is 36.4 Å². The van der Waals surface area contributed by atoms with Gasteiger partial charge in [-0.2, -0.15) is 0 Å². The summed E-state index contributed by atoms with van der Waals surface area (Å²) in [5.74, 6) is 0.441. The van der Waals surface area contributed by atoms with Crippen molar-refractivity contribution in [3.8, 4) is 11.5 Å². The molecule has 1 N–H and O–H groups in total. The molecule has 0 fully saturated rings. The molecule has 0 aliphatic heterocycles. The topological polar surface area (TPSA) is 68.7 Å². The van der Waals surface area contributed by atoms with E-state index < -0.39 is 5.97 Å². The van der Waals surface area contributed by atoms with Gasteiger partial charge in [-0.25, -0.2) is 4.79 Å². The van der Waals surface area contributed by atoms with Gasteiger partial charge in [0.05, 0.1) is 25.0 Å². The molecule has 0 spiro atoms. The maximum absolute atomic E-state index is 10.7. The molecule has 0 aliphatic rings. The summed E-state index contributed by atoms with van der Waals surface area (Å²) in [6.07, 6.45) is 4.08. The molecule has 0 amide bonds. The van der Waals surface area contributed by atoms with E-state index >= 15 is 0 Å². The lowest BCUT2D eigenvalue weighted by atomic mass is 10.2. The molecule has 5 nitrogen and oxygen atoms in total. The van der Waals surface area contributed by atoms with Crippen molar-refractivity contribution in [3.63, 3.8) is 0 Å². The highest BCUT2D eigenvalue weighted by atomic mass is 16.5. The van der Waals surface area contributed by atoms with Gasteiger partial charge in [0.1, 0.15) is 11.5 Å². The fraction of sp³-hybridized carbons (Fsp3) is 0.200. The van der Waals surface area contributed by atoms with Crippen LogP contribution in [0.3, 0.4) is 0 Å². The van der Waals surface area contributed by atoms with Gasteiger partial charge in [0.25, 0.3) is 0 Å². The van der Waals surface area contributed by atoms with Crippen LogP contribution in [0.25, 0.3) is 0 Å². The lowest BCUT2D eigenvalue weighted by Crippen LogP contribution is -2.05. The van der Waals surface area contributed by atoms with E-state index in [-0.39, 0.29) is 5.56 Å². The first-order valence-electron chi connectivity index (χ1n) is 6.25. The zero-order valence-electron chi connectivity index (χ0n) is 10.9. The molecule has 0 atom stereocenters. The Hall–Kier alpha value is -2.56. The van der Waals surface area contributed by atoms with E-state index in [0.717, 1.165) is 12.2 Å². The third-order valence-corrected chi connectivity index (χ3v) is 2.56. The van der Waals surface area contributed by atoms with E-state index in [1.54, 1.807) is 24.5 Å². The molecule has 2 rings (SSSR count). The van der Waals surface area contributed by atoms with Crippen LogP contribution in [0.1, 0.15) is 16.8 Å². The summed E-state index contributed by atoms with van der Waals surface area (Å²) in [6, 6.07) is 9.98. The molecule has 0 radical (unpaired) electrons. The van der Waals surface area contributed by atoms with Crippen molar-refractivity contribution in [2.24, 2.45) is 0 Å². The lowest BCUT2D eigenvalue weighted by molar-refractivity contribution is 0.0697. The summed E-state index contributed by atoms with van der Waals surface area (Å²) in [6.45, 7) is 1.05. The molecule has 1 aromatic carbocycles. The normalized spacial score (nSPS) is 10.0. The summed E-state index contributed by atoms with van der Waals surface area (Å²) in [5, 5.41) is 8.77. The minimum absolute atomic E-state index is 0.247. The SMILES string of the molecule is O=C(O)c1ccc(OCCCOc2cccnc2)cc1. The van der Waals surface area contributed by atoms with E-state index in [1.807, 2.05) is 12.1 Å². The number of hydrogen-bond acceptors (Lipinski definition) is 4. The molecule has 1 aromatic heterocycles. The molecule has 2 aromatic rings. The van der Waals surface area contributed by atoms with Crippen molar-refractivity contribution in [1.29, 1.82) is 0 Å². The van der Waals surface area contributed by atoms with Crippen LogP contribution in [0, 0.1) is 0 Å². The Labute approximate surface area is 116 Å². The highest BCUT2D eigenvalue weighted by molar-refractivity contribution is 5.87. The van der Waals surface area contributed by atoms with Gasteiger partial charge < -0.3 is 14.6 Å². The molecule has 1 heterocycles. The molecule has 0 bridgehead atoms. The monoisotopic (exact) mass is 273 g/mol. The summed E-state index contributed by atoms with van der Waals surface area (Å²) in [4.78, 5) is 14.6. The van der Waals surface area contributed by atoms with Gasteiger partial charge in [0.15, 0.2) is 0 Å². The first-order chi connectivity index (χ1) is 9.75. The number of rotatable bonds is 7. The maximum Gasteiger partial charge on any atom is 0.335 e. The van der Waals surface area contributed by atoms with E-state index in [0.29, 0.717) is 19.0 Å². The summed E-state index contributed by atoms with van der Waals surface area (Å²) in [5.41, 5.74) is 0.247. The second-order valence-corrected chi connectivity index (χ2v) is 4.07. The number of benzene rings is 1. The fourth-order valence-corrected chi connectivity index (χ4v) is 1.57. The zero-order valence-corrected chi connectivity index (χ0v) is 10.9. The van der Waals surface area contributed by atoms with Crippen LogP contribution in [0.4, 0.5) is 0 Å². The van der Waals surface area contributed by atoms with Gasteiger partial charge >= 0.3 is 5.97 Å². The second-order valence-electron chi connectivity index (χ2n) is 4.07. The summed E-state index contributed by atoms with van der Waals surface area (Å²) in [7, 11) is 0. The predicted octanol–water partition coefficient (Wildman–Crippen LogP) is 2.63. The minimum Gasteiger partial charge on any atom is -0.493 e. The van der Waals surface area contributed by atoms with Crippen LogP contribution in [-0.2, 0) is 0 Å². The number of pyridine rings is 1. The number of aromatic carboxylic acids is 1. The Morgan fingerprint density at radius 3 is 2.35 bits per heavy atom. The first-order valence-corrected chi connectivity index (χ1v) is 6.25. The Morgan fingerprint density at radius 2 is 1.75 bits per heavy atom. The Bertz CT molecular complexity index is 540. The molecule has 0 saturated heterocycles. The van der Waals surface area contributed by atoms with E-state index in [4.69, 9.17) is 14.6 Å². The number of nitrogens with zero attached hydrogens (tertiary/aromatic N) is 1. The van der Waals surface area contributed by atoms with Crippen LogP contribution < -0.4 is 9.47 Å². The second kappa shape index (κ2) is 7.13. The number of carbonyl (C=O) groups is 1. The maximum atomic E-state index is 10.7. The van der Waals surface area contributed by atoms with E-state index in [1.165, 1.54) is 12.1 Å². The number of carboxylic acid groups (broad SMARTS) is 1. The third-order valence-electron chi connectivity index (χ3n) is 2.56. The minimum atomic E-state index is -0.943. The van der Waals surface area contributed by atoms with Crippen molar-refractivity contribution >= 4 is 5.97 Å². The molecular weight excluding hydrogens is 258 g/mol. The molecule has 0 aliphatic carbocycles. The molecule has 0 unspecified atom stereocenters. The Kier molecular flexibility index (Phi) is 4.94. The Balaban J connectivity index is 1.67. The van der Waals surface area contributed by atoms with Crippen molar-refractivity contribution < 1.29 is 19.4 Å². The van der Waals surface area contributed by atoms with Crippen molar-refractivity contribution in [2.75, 3.05) is 13.2 Å². The van der Waals surface area contributed by atoms with Gasteiger partial charge in [-0.3, -0.25) is 4.98 Å². The largest absolute Gasteiger partial charge is 0.493 e. The van der Waals surface area contributed by atoms with Crippen LogP contribution in [0.5, 0.6) is 11.5 Å². The van der Waals surface area contributed by atoms with Crippen LogP contribution in [0.2, 0.25) is 0 Å². The number of hydrogen-bond donors (Lipinski definition) is 1. The number of carboxylic acids is 1. The number of aromatic nitrogens is 1. The molecule has 0 saturated carbocycles. The van der Waals surface area contributed by atoms with E-state index in [2.05, 4.69) is 4.98 Å². The van der Waals surface area contributed by atoms with Gasteiger partial charge in [0, 0.05) is 12.6 Å². The molecule has 5 heteroatoms. The van der Waals surface area contributed by atoms with Crippen LogP contribution >= 0.6 is 0 Å². The molecule has 20 heavy (non-hydrogen) atoms. The van der Waals surface area contributed by atoms with Crippen LogP contribution in [-0.4, -0.2) is 29.3 Å². The van der Waals surface area contributed by atoms with Gasteiger partial charge in [0.2, 0.25) is 0 Å². The van der Waals surface area contributed by atoms with Gasteiger partial charge in [-0.15, -0.1) is 0 Å². The van der Waals surface area contributed by atoms with Gasteiger partial charge in [-0.1, -0.05) is 0 Å². The highest BCUT2D eigenvalue weighted by Gasteiger charge is 2.02. The average molecular weight is 273 g/mol. The highest BCUT2D eigenvalue weighted by Crippen LogP contribution is 2.12. The van der Waals surface area contributed by atoms with Crippen molar-refractivity contribution in [2.45, 2.75) is 6.42 Å². The molecule has 104 valence electrons. The fourth-order valence-electron chi connectivity index (χ4n) is 1.57. The van der Waals surface area contributed by atoms with Crippen molar-refractivity contribution in [1.82, 2.24) is 4.98 Å². The number of ether oxygens (including phenoxy) is 2. The summed E-state index contributed by atoms with van der Waals surface area (Å²) >= 11 is 0. The third kappa shape index (κ3) is 4.28. The van der Waals surface area contributed by atoms with E-state index in [9.17, 15) is 4.79 Å². The quantitative estimate of drug-likeness (QED) is 0.785. The lowest BCUT2D eigenvalue weighted by Gasteiger charge is -2.07. The first kappa shape index (κ1) is 13.9. The van der Waals surface area contributed by atoms with Crippen molar-refractivity contribution in [3.05, 3.63) is 54.4 Å². The average Bonchev–Trinajstić information content (AvgIpc) is 2.48. The predicted molar refractivity (Wildman–Crippen MR) is 73.2 cm³/mol. The Morgan fingerprint density at radius 1 is 1.05 bits per heavy atom. The standard InChI is InChI=1S/C15H15NO4/c17-15(18)12-4-6-13(7-5-12)19-9-2-10-20-14-3-1-8-16-11-14/h1,3-8,11H,2,9-10H2,(H,17,18). The molecular formula is C15H15NO4. The smallest absolute Gasteiger partial charge is 0.335 e.